The van der Waals surface area contributed by atoms with Crippen molar-refractivity contribution in [1.29, 1.82) is 0 Å². The fraction of sp³-hybridized carbons (Fsp3) is 0.647. The van der Waals surface area contributed by atoms with Crippen molar-refractivity contribution >= 4 is 0 Å². The number of hydrogen-bond donors (Lipinski definition) is 1. The van der Waals surface area contributed by atoms with Gasteiger partial charge in [0.1, 0.15) is 11.4 Å². The molecule has 1 N–H and O–H groups in total. The predicted molar refractivity (Wildman–Crippen MR) is 80.9 cm³/mol. The summed E-state index contributed by atoms with van der Waals surface area (Å²) in [5.74, 6) is 1.63. The Bertz CT molecular complexity index is 435. The molecule has 0 spiro atoms. The van der Waals surface area contributed by atoms with Crippen molar-refractivity contribution < 1.29 is 4.74 Å². The van der Waals surface area contributed by atoms with Crippen LogP contribution in [-0.2, 0) is 0 Å². The molecule has 0 aromatic heterocycles. The van der Waals surface area contributed by atoms with Crippen molar-refractivity contribution in [3.63, 3.8) is 0 Å². The van der Waals surface area contributed by atoms with Crippen LogP contribution >= 0.6 is 0 Å². The smallest absolute Gasteiger partial charge is 0.124 e. The molecule has 0 fully saturated rings. The first-order valence-corrected chi connectivity index (χ1v) is 7.55. The largest absolute Gasteiger partial charge is 0.487 e. The standard InChI is InChI=1S/C17H27NO/c1-6-17(7-2)11-15(18-5)14-10-13(12(3)4)8-9-16(14)19-17/h8-10,12,15,18H,6-7,11H2,1-5H3. The van der Waals surface area contributed by atoms with Crippen molar-refractivity contribution in [2.75, 3.05) is 7.05 Å². The summed E-state index contributed by atoms with van der Waals surface area (Å²) in [7, 11) is 2.05. The zero-order valence-electron chi connectivity index (χ0n) is 12.9. The predicted octanol–water partition coefficient (Wildman–Crippen LogP) is 4.41. The Labute approximate surface area is 117 Å². The van der Waals surface area contributed by atoms with Gasteiger partial charge >= 0.3 is 0 Å². The summed E-state index contributed by atoms with van der Waals surface area (Å²) in [4.78, 5) is 0. The molecule has 2 rings (SSSR count). The number of benzene rings is 1. The number of fused-ring (bicyclic) bond motifs is 1. The Morgan fingerprint density at radius 1 is 1.32 bits per heavy atom. The molecule has 2 nitrogen and oxygen atoms in total. The molecule has 0 aliphatic carbocycles. The van der Waals surface area contributed by atoms with Crippen LogP contribution in [0.1, 0.15) is 70.0 Å². The maximum absolute atomic E-state index is 6.34. The molecular weight excluding hydrogens is 234 g/mol. The van der Waals surface area contributed by atoms with Crippen molar-refractivity contribution in [3.8, 4) is 5.75 Å². The molecule has 1 unspecified atom stereocenters. The van der Waals surface area contributed by atoms with Gasteiger partial charge in [0.15, 0.2) is 0 Å². The minimum Gasteiger partial charge on any atom is -0.487 e. The number of rotatable bonds is 4. The first-order chi connectivity index (χ1) is 9.05. The fourth-order valence-electron chi connectivity index (χ4n) is 2.99. The Balaban J connectivity index is 2.42. The second kappa shape index (κ2) is 5.54. The second-order valence-corrected chi connectivity index (χ2v) is 5.99. The normalized spacial score (nSPS) is 21.1. The highest BCUT2D eigenvalue weighted by atomic mass is 16.5. The summed E-state index contributed by atoms with van der Waals surface area (Å²) < 4.78 is 6.34. The molecule has 0 bridgehead atoms. The summed E-state index contributed by atoms with van der Waals surface area (Å²) in [6, 6.07) is 7.09. The molecule has 0 radical (unpaired) electrons. The molecule has 106 valence electrons. The molecule has 1 aliphatic heterocycles. The molecule has 1 aromatic carbocycles. The van der Waals surface area contributed by atoms with Crippen LogP contribution in [0.4, 0.5) is 0 Å². The van der Waals surface area contributed by atoms with Crippen molar-refractivity contribution in [2.45, 2.75) is 64.5 Å². The van der Waals surface area contributed by atoms with Gasteiger partial charge in [-0.1, -0.05) is 39.8 Å². The SMILES string of the molecule is CCC1(CC)CC(NC)c2cc(C(C)C)ccc2O1. The van der Waals surface area contributed by atoms with Crippen LogP contribution in [0.5, 0.6) is 5.75 Å². The zero-order chi connectivity index (χ0) is 14.0. The Morgan fingerprint density at radius 3 is 2.53 bits per heavy atom. The third-order valence-corrected chi connectivity index (χ3v) is 4.62. The van der Waals surface area contributed by atoms with E-state index in [0.717, 1.165) is 25.0 Å². The average Bonchev–Trinajstić information content (AvgIpc) is 2.45. The number of ether oxygens (including phenoxy) is 1. The van der Waals surface area contributed by atoms with Gasteiger partial charge in [-0.3, -0.25) is 0 Å². The molecular formula is C17H27NO. The first-order valence-electron chi connectivity index (χ1n) is 7.55. The third kappa shape index (κ3) is 2.64. The Kier molecular flexibility index (Phi) is 4.19. The monoisotopic (exact) mass is 261 g/mol. The third-order valence-electron chi connectivity index (χ3n) is 4.62. The maximum Gasteiger partial charge on any atom is 0.124 e. The maximum atomic E-state index is 6.34. The van der Waals surface area contributed by atoms with Gasteiger partial charge in [0.2, 0.25) is 0 Å². The van der Waals surface area contributed by atoms with Crippen LogP contribution in [0.2, 0.25) is 0 Å². The van der Waals surface area contributed by atoms with Gasteiger partial charge in [0.05, 0.1) is 0 Å². The summed E-state index contributed by atoms with van der Waals surface area (Å²) in [5.41, 5.74) is 2.72. The van der Waals surface area contributed by atoms with E-state index in [0.29, 0.717) is 12.0 Å². The van der Waals surface area contributed by atoms with E-state index in [1.165, 1.54) is 11.1 Å². The van der Waals surface area contributed by atoms with Gasteiger partial charge in [0, 0.05) is 18.0 Å². The zero-order valence-corrected chi connectivity index (χ0v) is 12.9. The van der Waals surface area contributed by atoms with E-state index < -0.39 is 0 Å². The Hall–Kier alpha value is -1.02. The molecule has 2 heteroatoms. The molecule has 19 heavy (non-hydrogen) atoms. The van der Waals surface area contributed by atoms with Gasteiger partial charge in [-0.05, 0) is 37.4 Å². The summed E-state index contributed by atoms with van der Waals surface area (Å²) in [5, 5.41) is 3.47. The molecule has 0 saturated heterocycles. The minimum absolute atomic E-state index is 0.0000239. The summed E-state index contributed by atoms with van der Waals surface area (Å²) in [6.45, 7) is 8.93. The number of hydrogen-bond acceptors (Lipinski definition) is 2. The molecule has 1 aliphatic rings. The van der Waals surface area contributed by atoms with E-state index in [4.69, 9.17) is 4.74 Å². The Morgan fingerprint density at radius 2 is 2.00 bits per heavy atom. The lowest BCUT2D eigenvalue weighted by Gasteiger charge is -2.41. The minimum atomic E-state index is 0.0000239. The van der Waals surface area contributed by atoms with Crippen LogP contribution in [0, 0.1) is 0 Å². The van der Waals surface area contributed by atoms with Crippen LogP contribution in [0.3, 0.4) is 0 Å². The molecule has 1 heterocycles. The summed E-state index contributed by atoms with van der Waals surface area (Å²) >= 11 is 0. The van der Waals surface area contributed by atoms with Gasteiger partial charge in [-0.2, -0.15) is 0 Å². The van der Waals surface area contributed by atoms with Crippen LogP contribution in [-0.4, -0.2) is 12.6 Å². The van der Waals surface area contributed by atoms with E-state index in [9.17, 15) is 0 Å². The van der Waals surface area contributed by atoms with Crippen LogP contribution < -0.4 is 10.1 Å². The van der Waals surface area contributed by atoms with E-state index in [1.54, 1.807) is 0 Å². The highest BCUT2D eigenvalue weighted by Crippen LogP contribution is 2.43. The van der Waals surface area contributed by atoms with Crippen molar-refractivity contribution in [1.82, 2.24) is 5.32 Å². The number of nitrogens with one attached hydrogen (secondary N) is 1. The quantitative estimate of drug-likeness (QED) is 0.866. The van der Waals surface area contributed by atoms with Gasteiger partial charge in [-0.15, -0.1) is 0 Å². The molecule has 1 atom stereocenters. The second-order valence-electron chi connectivity index (χ2n) is 5.99. The molecule has 0 saturated carbocycles. The van der Waals surface area contributed by atoms with Crippen LogP contribution in [0.25, 0.3) is 0 Å². The van der Waals surface area contributed by atoms with Crippen molar-refractivity contribution in [2.24, 2.45) is 0 Å². The van der Waals surface area contributed by atoms with E-state index >= 15 is 0 Å². The van der Waals surface area contributed by atoms with E-state index in [2.05, 4.69) is 58.3 Å². The van der Waals surface area contributed by atoms with Gasteiger partial charge in [-0.25, -0.2) is 0 Å². The molecule has 0 amide bonds. The molecule has 1 aromatic rings. The van der Waals surface area contributed by atoms with Crippen LogP contribution in [0.15, 0.2) is 18.2 Å². The van der Waals surface area contributed by atoms with Gasteiger partial charge in [0.25, 0.3) is 0 Å². The highest BCUT2D eigenvalue weighted by molar-refractivity contribution is 5.42. The summed E-state index contributed by atoms with van der Waals surface area (Å²) in [6.07, 6.45) is 3.19. The fourth-order valence-corrected chi connectivity index (χ4v) is 2.99. The lowest BCUT2D eigenvalue weighted by atomic mass is 9.82. The average molecular weight is 261 g/mol. The lowest BCUT2D eigenvalue weighted by molar-refractivity contribution is 0.0238. The van der Waals surface area contributed by atoms with Gasteiger partial charge < -0.3 is 10.1 Å². The topological polar surface area (TPSA) is 21.3 Å². The lowest BCUT2D eigenvalue weighted by Crippen LogP contribution is -2.42. The van der Waals surface area contributed by atoms with E-state index in [1.807, 2.05) is 0 Å². The van der Waals surface area contributed by atoms with Crippen molar-refractivity contribution in [3.05, 3.63) is 29.3 Å². The van der Waals surface area contributed by atoms with E-state index in [-0.39, 0.29) is 5.60 Å². The highest BCUT2D eigenvalue weighted by Gasteiger charge is 2.37. The first kappa shape index (κ1) is 14.4.